The zero-order valence-electron chi connectivity index (χ0n) is 10.6. The van der Waals surface area contributed by atoms with Gasteiger partial charge >= 0.3 is 0 Å². The molecule has 0 heterocycles. The fraction of sp³-hybridized carbons (Fsp3) is 0.538. The summed E-state index contributed by atoms with van der Waals surface area (Å²) in [4.78, 5) is 4.46. The van der Waals surface area contributed by atoms with Crippen molar-refractivity contribution in [2.75, 3.05) is 38.6 Å². The maximum Gasteiger partial charge on any atom is 0.0361 e. The number of hydrogen-bond donors (Lipinski definition) is 1. The molecule has 0 atom stereocenters. The van der Waals surface area contributed by atoms with E-state index in [0.717, 1.165) is 26.2 Å². The van der Waals surface area contributed by atoms with Crippen LogP contribution in [-0.2, 0) is 6.54 Å². The van der Waals surface area contributed by atoms with Gasteiger partial charge in [-0.3, -0.25) is 4.90 Å². The van der Waals surface area contributed by atoms with Crippen molar-refractivity contribution < 1.29 is 0 Å². The van der Waals surface area contributed by atoms with Gasteiger partial charge in [-0.25, -0.2) is 0 Å². The van der Waals surface area contributed by atoms with Crippen LogP contribution >= 0.6 is 0 Å². The maximum absolute atomic E-state index is 5.57. The van der Waals surface area contributed by atoms with E-state index in [1.165, 1.54) is 11.3 Å². The average molecular weight is 221 g/mol. The third kappa shape index (κ3) is 3.83. The fourth-order valence-corrected chi connectivity index (χ4v) is 1.69. The quantitative estimate of drug-likeness (QED) is 0.791. The van der Waals surface area contributed by atoms with Crippen LogP contribution in [0, 0.1) is 0 Å². The van der Waals surface area contributed by atoms with E-state index in [9.17, 15) is 0 Å². The molecule has 0 spiro atoms. The van der Waals surface area contributed by atoms with Crippen LogP contribution < -0.4 is 10.6 Å². The van der Waals surface area contributed by atoms with Crippen molar-refractivity contribution in [2.24, 2.45) is 5.73 Å². The highest BCUT2D eigenvalue weighted by atomic mass is 15.1. The minimum absolute atomic E-state index is 0.726. The van der Waals surface area contributed by atoms with Crippen LogP contribution in [-0.4, -0.2) is 38.6 Å². The van der Waals surface area contributed by atoms with E-state index in [0.29, 0.717) is 0 Å². The summed E-state index contributed by atoms with van der Waals surface area (Å²) in [6.45, 7) is 5.90. The lowest BCUT2D eigenvalue weighted by atomic mass is 10.2. The molecule has 0 radical (unpaired) electrons. The Kier molecular flexibility index (Phi) is 5.29. The molecule has 3 nitrogen and oxygen atoms in total. The van der Waals surface area contributed by atoms with Gasteiger partial charge in [0.1, 0.15) is 0 Å². The van der Waals surface area contributed by atoms with Crippen molar-refractivity contribution in [3.05, 3.63) is 29.8 Å². The van der Waals surface area contributed by atoms with Crippen LogP contribution in [0.1, 0.15) is 12.5 Å². The Morgan fingerprint density at radius 1 is 1.12 bits per heavy atom. The summed E-state index contributed by atoms with van der Waals surface area (Å²) in [7, 11) is 4.11. The molecule has 16 heavy (non-hydrogen) atoms. The van der Waals surface area contributed by atoms with Crippen LogP contribution in [0.2, 0.25) is 0 Å². The van der Waals surface area contributed by atoms with E-state index < -0.39 is 0 Å². The molecule has 0 amide bonds. The van der Waals surface area contributed by atoms with E-state index in [4.69, 9.17) is 5.73 Å². The molecular formula is C13H23N3. The van der Waals surface area contributed by atoms with Gasteiger partial charge in [0, 0.05) is 39.4 Å². The highest BCUT2D eigenvalue weighted by molar-refractivity contribution is 5.45. The second-order valence-corrected chi connectivity index (χ2v) is 4.22. The number of nitrogens with two attached hydrogens (primary N) is 1. The third-order valence-electron chi connectivity index (χ3n) is 2.75. The molecule has 0 bridgehead atoms. The Bertz CT molecular complexity index is 293. The van der Waals surface area contributed by atoms with Crippen molar-refractivity contribution in [1.82, 2.24) is 4.90 Å². The first-order chi connectivity index (χ1) is 7.67. The predicted molar refractivity (Wildman–Crippen MR) is 70.8 cm³/mol. The first-order valence-electron chi connectivity index (χ1n) is 5.86. The number of likely N-dealkylation sites (N-methyl/N-ethyl adjacent to an activating group) is 1. The topological polar surface area (TPSA) is 32.5 Å². The molecule has 0 aromatic heterocycles. The number of anilines is 1. The van der Waals surface area contributed by atoms with Crippen LogP contribution in [0.15, 0.2) is 24.3 Å². The largest absolute Gasteiger partial charge is 0.378 e. The molecule has 0 fully saturated rings. The maximum atomic E-state index is 5.57. The van der Waals surface area contributed by atoms with Crippen molar-refractivity contribution in [3.8, 4) is 0 Å². The molecule has 0 aliphatic carbocycles. The van der Waals surface area contributed by atoms with Gasteiger partial charge in [-0.1, -0.05) is 19.1 Å². The lowest BCUT2D eigenvalue weighted by molar-refractivity contribution is 0.288. The van der Waals surface area contributed by atoms with E-state index in [2.05, 4.69) is 55.1 Å². The summed E-state index contributed by atoms with van der Waals surface area (Å²) in [5.74, 6) is 0. The molecule has 1 rings (SSSR count). The SMILES string of the molecule is CCN(CCN)Cc1ccc(N(C)C)cc1. The van der Waals surface area contributed by atoms with E-state index in [1.54, 1.807) is 0 Å². The monoisotopic (exact) mass is 221 g/mol. The van der Waals surface area contributed by atoms with E-state index >= 15 is 0 Å². The second-order valence-electron chi connectivity index (χ2n) is 4.22. The Morgan fingerprint density at radius 3 is 2.19 bits per heavy atom. The lowest BCUT2D eigenvalue weighted by Crippen LogP contribution is -2.28. The molecule has 1 aromatic carbocycles. The van der Waals surface area contributed by atoms with E-state index in [-0.39, 0.29) is 0 Å². The summed E-state index contributed by atoms with van der Waals surface area (Å²) in [6.07, 6.45) is 0. The third-order valence-corrected chi connectivity index (χ3v) is 2.75. The molecule has 1 aromatic rings. The summed E-state index contributed by atoms with van der Waals surface area (Å²) in [5, 5.41) is 0. The minimum Gasteiger partial charge on any atom is -0.378 e. The van der Waals surface area contributed by atoms with Crippen LogP contribution in [0.5, 0.6) is 0 Å². The van der Waals surface area contributed by atoms with Gasteiger partial charge in [0.05, 0.1) is 0 Å². The Hall–Kier alpha value is -1.06. The summed E-state index contributed by atoms with van der Waals surface area (Å²) in [6, 6.07) is 8.69. The molecule has 90 valence electrons. The number of rotatable bonds is 6. The molecular weight excluding hydrogens is 198 g/mol. The van der Waals surface area contributed by atoms with Gasteiger partial charge in [0.15, 0.2) is 0 Å². The highest BCUT2D eigenvalue weighted by Gasteiger charge is 2.02. The van der Waals surface area contributed by atoms with Gasteiger partial charge in [0.2, 0.25) is 0 Å². The molecule has 3 heteroatoms. The second kappa shape index (κ2) is 6.51. The van der Waals surface area contributed by atoms with Crippen molar-refractivity contribution in [3.63, 3.8) is 0 Å². The van der Waals surface area contributed by atoms with Crippen LogP contribution in [0.3, 0.4) is 0 Å². The van der Waals surface area contributed by atoms with Gasteiger partial charge in [-0.2, -0.15) is 0 Å². The molecule has 2 N–H and O–H groups in total. The van der Waals surface area contributed by atoms with Gasteiger partial charge in [0.25, 0.3) is 0 Å². The fourth-order valence-electron chi connectivity index (χ4n) is 1.69. The van der Waals surface area contributed by atoms with Crippen molar-refractivity contribution in [1.29, 1.82) is 0 Å². The molecule has 0 unspecified atom stereocenters. The molecule has 0 aliphatic rings. The summed E-state index contributed by atoms with van der Waals surface area (Å²) in [5.41, 5.74) is 8.16. The number of hydrogen-bond acceptors (Lipinski definition) is 3. The Labute approximate surface area is 98.8 Å². The normalized spacial score (nSPS) is 10.8. The molecule has 0 saturated carbocycles. The van der Waals surface area contributed by atoms with Crippen molar-refractivity contribution >= 4 is 5.69 Å². The van der Waals surface area contributed by atoms with Crippen LogP contribution in [0.25, 0.3) is 0 Å². The Balaban J connectivity index is 2.60. The first kappa shape index (κ1) is 13.0. The predicted octanol–water partition coefficient (Wildman–Crippen LogP) is 1.53. The smallest absolute Gasteiger partial charge is 0.0361 e. The zero-order chi connectivity index (χ0) is 12.0. The summed E-state index contributed by atoms with van der Waals surface area (Å²) >= 11 is 0. The summed E-state index contributed by atoms with van der Waals surface area (Å²) < 4.78 is 0. The highest BCUT2D eigenvalue weighted by Crippen LogP contribution is 2.13. The number of nitrogens with zero attached hydrogens (tertiary/aromatic N) is 2. The Morgan fingerprint density at radius 2 is 1.75 bits per heavy atom. The van der Waals surface area contributed by atoms with E-state index in [1.807, 2.05) is 0 Å². The average Bonchev–Trinajstić information content (AvgIpc) is 2.29. The van der Waals surface area contributed by atoms with Crippen molar-refractivity contribution in [2.45, 2.75) is 13.5 Å². The van der Waals surface area contributed by atoms with Gasteiger partial charge in [-0.15, -0.1) is 0 Å². The van der Waals surface area contributed by atoms with Gasteiger partial charge in [-0.05, 0) is 24.2 Å². The minimum atomic E-state index is 0.726. The first-order valence-corrected chi connectivity index (χ1v) is 5.86. The molecule has 0 aliphatic heterocycles. The number of benzene rings is 1. The molecule has 0 saturated heterocycles. The zero-order valence-corrected chi connectivity index (χ0v) is 10.6. The van der Waals surface area contributed by atoms with Crippen LogP contribution in [0.4, 0.5) is 5.69 Å². The lowest BCUT2D eigenvalue weighted by Gasteiger charge is -2.20. The standard InChI is InChI=1S/C13H23N3/c1-4-16(10-9-14)11-12-5-7-13(8-6-12)15(2)3/h5-8H,4,9-11,14H2,1-3H3. The van der Waals surface area contributed by atoms with Gasteiger partial charge < -0.3 is 10.6 Å².